The van der Waals surface area contributed by atoms with Crippen LogP contribution in [0.3, 0.4) is 0 Å². The van der Waals surface area contributed by atoms with Crippen LogP contribution < -0.4 is 0 Å². The van der Waals surface area contributed by atoms with E-state index < -0.39 is 49.3 Å². The Balaban J connectivity index is 5.15. The van der Waals surface area contributed by atoms with Gasteiger partial charge >= 0.3 is 12.1 Å². The summed E-state index contributed by atoms with van der Waals surface area (Å²) in [7, 11) is 0. The van der Waals surface area contributed by atoms with Crippen molar-refractivity contribution in [2.45, 2.75) is 37.4 Å². The summed E-state index contributed by atoms with van der Waals surface area (Å²) < 4.78 is 8.62. The van der Waals surface area contributed by atoms with Crippen LogP contribution in [0.25, 0.3) is 0 Å². The summed E-state index contributed by atoms with van der Waals surface area (Å²) in [6.45, 7) is 0.0881. The Bertz CT molecular complexity index is 341. The minimum Gasteiger partial charge on any atom is -0.453 e. The van der Waals surface area contributed by atoms with Gasteiger partial charge in [-0.1, -0.05) is 0 Å². The Kier molecular flexibility index (Phi) is 7.69. The summed E-state index contributed by atoms with van der Waals surface area (Å²) in [6, 6.07) is 0. The molecule has 10 heteroatoms. The number of aldehydes is 1. The standard InChI is InChI=1S/C10H16O10/c1-4(13)9(16)20-8(7(15)5(14)2-11)6(3-12)19-10(17)18/h3-8,11,13-15H,2H2,1H3,(H,17,18)/t4?,5-,6+,7-,8-/m1/s1. The highest BCUT2D eigenvalue weighted by Crippen LogP contribution is 2.13. The monoisotopic (exact) mass is 296 g/mol. The van der Waals surface area contributed by atoms with E-state index in [1.165, 1.54) is 0 Å². The molecule has 0 aromatic carbocycles. The summed E-state index contributed by atoms with van der Waals surface area (Å²) in [4.78, 5) is 32.4. The van der Waals surface area contributed by atoms with Gasteiger partial charge in [0.15, 0.2) is 18.5 Å². The lowest BCUT2D eigenvalue weighted by Crippen LogP contribution is -2.51. The van der Waals surface area contributed by atoms with Crippen LogP contribution in [-0.4, -0.2) is 81.1 Å². The second kappa shape index (κ2) is 8.43. The summed E-state index contributed by atoms with van der Waals surface area (Å²) in [5, 5.41) is 45.0. The lowest BCUT2D eigenvalue weighted by molar-refractivity contribution is -0.182. The van der Waals surface area contributed by atoms with E-state index in [0.29, 0.717) is 0 Å². The second-order valence-corrected chi connectivity index (χ2v) is 3.80. The van der Waals surface area contributed by atoms with Crippen molar-refractivity contribution >= 4 is 18.4 Å². The molecule has 0 aromatic rings. The predicted molar refractivity (Wildman–Crippen MR) is 59.6 cm³/mol. The summed E-state index contributed by atoms with van der Waals surface area (Å²) >= 11 is 0. The highest BCUT2D eigenvalue weighted by Gasteiger charge is 2.39. The highest BCUT2D eigenvalue weighted by atomic mass is 16.7. The molecule has 0 saturated heterocycles. The molecule has 0 bridgehead atoms. The lowest BCUT2D eigenvalue weighted by atomic mass is 10.0. The molecule has 20 heavy (non-hydrogen) atoms. The molecule has 0 heterocycles. The van der Waals surface area contributed by atoms with Crippen molar-refractivity contribution in [1.82, 2.24) is 0 Å². The quantitative estimate of drug-likeness (QED) is 0.233. The molecule has 0 saturated carbocycles. The first-order chi connectivity index (χ1) is 9.24. The lowest BCUT2D eigenvalue weighted by Gasteiger charge is -2.29. The second-order valence-electron chi connectivity index (χ2n) is 3.80. The van der Waals surface area contributed by atoms with Gasteiger partial charge in [0.25, 0.3) is 0 Å². The van der Waals surface area contributed by atoms with Crippen LogP contribution in [0.1, 0.15) is 6.92 Å². The maximum absolute atomic E-state index is 11.2. The number of rotatable bonds is 8. The first kappa shape index (κ1) is 18.2. The molecule has 0 rings (SSSR count). The number of esters is 1. The molecule has 5 N–H and O–H groups in total. The molecule has 0 aliphatic heterocycles. The average molecular weight is 296 g/mol. The number of carbonyl (C=O) groups is 3. The molecular formula is C10H16O10. The first-order valence-electron chi connectivity index (χ1n) is 5.45. The van der Waals surface area contributed by atoms with Gasteiger partial charge in [-0.3, -0.25) is 4.79 Å². The Labute approximate surface area is 113 Å². The van der Waals surface area contributed by atoms with Gasteiger partial charge < -0.3 is 35.0 Å². The van der Waals surface area contributed by atoms with Crippen LogP contribution in [0, 0.1) is 0 Å². The van der Waals surface area contributed by atoms with Crippen molar-refractivity contribution in [3.63, 3.8) is 0 Å². The molecular weight excluding hydrogens is 280 g/mol. The van der Waals surface area contributed by atoms with Crippen molar-refractivity contribution in [2.24, 2.45) is 0 Å². The van der Waals surface area contributed by atoms with Gasteiger partial charge in [0.2, 0.25) is 0 Å². The fourth-order valence-corrected chi connectivity index (χ4v) is 1.18. The fourth-order valence-electron chi connectivity index (χ4n) is 1.18. The van der Waals surface area contributed by atoms with Crippen LogP contribution in [-0.2, 0) is 19.1 Å². The normalized spacial score (nSPS) is 18.2. The smallest absolute Gasteiger partial charge is 0.453 e. The third-order valence-electron chi connectivity index (χ3n) is 2.21. The van der Waals surface area contributed by atoms with E-state index in [1.54, 1.807) is 0 Å². The molecule has 10 nitrogen and oxygen atoms in total. The van der Waals surface area contributed by atoms with Crippen molar-refractivity contribution in [3.05, 3.63) is 0 Å². The molecule has 0 aromatic heterocycles. The minimum atomic E-state index is -2.00. The van der Waals surface area contributed by atoms with Crippen LogP contribution in [0.5, 0.6) is 0 Å². The SMILES string of the molecule is CC(O)C(=O)O[C@@H]([C@H](O)[C@H](O)CO)[C@H](C=O)OC(=O)O. The number of carbonyl (C=O) groups excluding carboxylic acids is 2. The molecule has 0 radical (unpaired) electrons. The van der Waals surface area contributed by atoms with Crippen LogP contribution in [0.2, 0.25) is 0 Å². The number of hydrogen-bond donors (Lipinski definition) is 5. The van der Waals surface area contributed by atoms with Gasteiger partial charge in [0.1, 0.15) is 18.3 Å². The van der Waals surface area contributed by atoms with Crippen molar-refractivity contribution in [3.8, 4) is 0 Å². The topological polar surface area (TPSA) is 171 Å². The molecule has 0 aliphatic carbocycles. The number of hydrogen-bond acceptors (Lipinski definition) is 9. The minimum absolute atomic E-state index is 0.0680. The molecule has 5 atom stereocenters. The zero-order chi connectivity index (χ0) is 15.9. The number of ether oxygens (including phenoxy) is 2. The molecule has 0 fully saturated rings. The largest absolute Gasteiger partial charge is 0.506 e. The zero-order valence-corrected chi connectivity index (χ0v) is 10.4. The van der Waals surface area contributed by atoms with E-state index >= 15 is 0 Å². The summed E-state index contributed by atoms with van der Waals surface area (Å²) in [5.41, 5.74) is 0. The van der Waals surface area contributed by atoms with E-state index in [1.807, 2.05) is 0 Å². The summed E-state index contributed by atoms with van der Waals surface area (Å²) in [5.74, 6) is -1.28. The van der Waals surface area contributed by atoms with Crippen LogP contribution in [0.4, 0.5) is 4.79 Å². The van der Waals surface area contributed by atoms with Gasteiger partial charge in [-0.05, 0) is 6.92 Å². The Morgan fingerprint density at radius 2 is 1.75 bits per heavy atom. The zero-order valence-electron chi connectivity index (χ0n) is 10.4. The van der Waals surface area contributed by atoms with Crippen LogP contribution in [0.15, 0.2) is 0 Å². The van der Waals surface area contributed by atoms with Crippen molar-refractivity contribution in [2.75, 3.05) is 6.61 Å². The molecule has 0 amide bonds. The Morgan fingerprint density at radius 3 is 2.10 bits per heavy atom. The van der Waals surface area contributed by atoms with Gasteiger partial charge in [-0.25, -0.2) is 9.59 Å². The molecule has 0 aliphatic rings. The van der Waals surface area contributed by atoms with Crippen LogP contribution >= 0.6 is 0 Å². The highest BCUT2D eigenvalue weighted by molar-refractivity contribution is 5.75. The van der Waals surface area contributed by atoms with Gasteiger partial charge in [0.05, 0.1) is 6.61 Å². The van der Waals surface area contributed by atoms with Gasteiger partial charge in [0, 0.05) is 0 Å². The van der Waals surface area contributed by atoms with E-state index in [0.717, 1.165) is 6.92 Å². The van der Waals surface area contributed by atoms with Crippen molar-refractivity contribution in [1.29, 1.82) is 0 Å². The maximum Gasteiger partial charge on any atom is 0.506 e. The van der Waals surface area contributed by atoms with Crippen molar-refractivity contribution < 1.29 is 49.4 Å². The summed E-state index contributed by atoms with van der Waals surface area (Å²) in [6.07, 6.45) is -11.3. The maximum atomic E-state index is 11.2. The third-order valence-corrected chi connectivity index (χ3v) is 2.21. The Morgan fingerprint density at radius 1 is 1.20 bits per heavy atom. The predicted octanol–water partition coefficient (Wildman–Crippen LogP) is -2.74. The Hall–Kier alpha value is -1.75. The average Bonchev–Trinajstić information content (AvgIpc) is 2.39. The van der Waals surface area contributed by atoms with Gasteiger partial charge in [-0.2, -0.15) is 0 Å². The van der Waals surface area contributed by atoms with E-state index in [9.17, 15) is 24.6 Å². The molecule has 116 valence electrons. The number of aliphatic hydroxyl groups is 4. The van der Waals surface area contributed by atoms with E-state index in [4.69, 9.17) is 15.3 Å². The molecule has 0 spiro atoms. The van der Waals surface area contributed by atoms with Gasteiger partial charge in [-0.15, -0.1) is 0 Å². The molecule has 1 unspecified atom stereocenters. The number of carboxylic acid groups (broad SMARTS) is 1. The number of aliphatic hydroxyl groups excluding tert-OH is 4. The first-order valence-corrected chi connectivity index (χ1v) is 5.45. The van der Waals surface area contributed by atoms with E-state index in [-0.39, 0.29) is 6.29 Å². The van der Waals surface area contributed by atoms with E-state index in [2.05, 4.69) is 9.47 Å². The third kappa shape index (κ3) is 5.48. The fraction of sp³-hybridized carbons (Fsp3) is 0.700.